The summed E-state index contributed by atoms with van der Waals surface area (Å²) in [6.45, 7) is 0. The fourth-order valence-electron chi connectivity index (χ4n) is 8.11. The van der Waals surface area contributed by atoms with Crippen LogP contribution in [0.2, 0.25) is 0 Å². The smallest absolute Gasteiger partial charge is 0.164 e. The van der Waals surface area contributed by atoms with Crippen LogP contribution >= 0.6 is 0 Å². The highest BCUT2D eigenvalue weighted by Crippen LogP contribution is 2.38. The lowest BCUT2D eigenvalue weighted by molar-refractivity contribution is 0.669. The Bertz CT molecular complexity index is 3170. The lowest BCUT2D eigenvalue weighted by Crippen LogP contribution is -2.03. The molecule has 0 saturated carbocycles. The Hall–Kier alpha value is -7.37. The molecule has 3 heterocycles. The Morgan fingerprint density at radius 3 is 1.77 bits per heavy atom. The highest BCUT2D eigenvalue weighted by molar-refractivity contribution is 6.11. The summed E-state index contributed by atoms with van der Waals surface area (Å²) in [5.74, 6) is 1.98. The second-order valence-corrected chi connectivity index (χ2v) is 14.4. The van der Waals surface area contributed by atoms with Gasteiger partial charge in [-0.3, -0.25) is 0 Å². The third kappa shape index (κ3) is 5.52. The predicted octanol–water partition coefficient (Wildman–Crippen LogP) is 13.3. The predicted molar refractivity (Wildman–Crippen MR) is 230 cm³/mol. The van der Waals surface area contributed by atoms with E-state index in [1.54, 1.807) is 0 Å². The number of para-hydroxylation sites is 2. The third-order valence-corrected chi connectivity index (χ3v) is 10.9. The molecule has 10 aromatic rings. The monoisotopic (exact) mass is 718 g/mol. The minimum atomic E-state index is 0.624. The van der Waals surface area contributed by atoms with Gasteiger partial charge >= 0.3 is 0 Å². The maximum atomic E-state index is 6.62. The number of hydrogen-bond donors (Lipinski definition) is 0. The van der Waals surface area contributed by atoms with Crippen molar-refractivity contribution in [3.63, 3.8) is 0 Å². The summed E-state index contributed by atoms with van der Waals surface area (Å²) in [5.41, 5.74) is 12.7. The van der Waals surface area contributed by atoms with Gasteiger partial charge in [0.2, 0.25) is 0 Å². The van der Waals surface area contributed by atoms with Gasteiger partial charge in [-0.05, 0) is 95.3 Å². The van der Waals surface area contributed by atoms with Crippen molar-refractivity contribution < 1.29 is 4.42 Å². The molecular formula is C51H34N4O. The number of hydrogen-bond acceptors (Lipinski definition) is 4. The van der Waals surface area contributed by atoms with Crippen LogP contribution in [0.25, 0.3) is 100 Å². The molecule has 1 aliphatic rings. The van der Waals surface area contributed by atoms with Gasteiger partial charge in [0.1, 0.15) is 11.2 Å². The van der Waals surface area contributed by atoms with Crippen molar-refractivity contribution in [3.05, 3.63) is 188 Å². The molecule has 0 fully saturated rings. The first kappa shape index (κ1) is 32.1. The molecule has 7 aromatic carbocycles. The van der Waals surface area contributed by atoms with Crippen molar-refractivity contribution >= 4 is 49.3 Å². The molecule has 0 N–H and O–H groups in total. The minimum Gasteiger partial charge on any atom is -0.456 e. The summed E-state index contributed by atoms with van der Waals surface area (Å²) in [6.07, 6.45) is 8.24. The molecule has 5 nitrogen and oxygen atoms in total. The van der Waals surface area contributed by atoms with Gasteiger partial charge in [-0.15, -0.1) is 0 Å². The molecule has 0 unspecified atom stereocenters. The fourth-order valence-corrected chi connectivity index (χ4v) is 8.11. The topological polar surface area (TPSA) is 56.7 Å². The van der Waals surface area contributed by atoms with Gasteiger partial charge in [0.25, 0.3) is 0 Å². The highest BCUT2D eigenvalue weighted by atomic mass is 16.3. The summed E-state index contributed by atoms with van der Waals surface area (Å²) in [7, 11) is 0. The number of aromatic nitrogens is 4. The van der Waals surface area contributed by atoms with Gasteiger partial charge < -0.3 is 8.98 Å². The van der Waals surface area contributed by atoms with E-state index < -0.39 is 0 Å². The zero-order valence-electron chi connectivity index (χ0n) is 30.4. The summed E-state index contributed by atoms with van der Waals surface area (Å²) in [5, 5.41) is 4.59. The van der Waals surface area contributed by atoms with E-state index in [9.17, 15) is 0 Å². The Balaban J connectivity index is 0.981. The molecule has 0 bridgehead atoms. The normalized spacial score (nSPS) is 12.9. The number of allylic oxidation sites excluding steroid dienone is 4. The Morgan fingerprint density at radius 2 is 1.00 bits per heavy atom. The molecule has 0 amide bonds. The summed E-state index contributed by atoms with van der Waals surface area (Å²) in [6, 6.07) is 57.6. The van der Waals surface area contributed by atoms with E-state index in [0.29, 0.717) is 17.5 Å². The molecule has 264 valence electrons. The lowest BCUT2D eigenvalue weighted by atomic mass is 10.0. The van der Waals surface area contributed by atoms with Gasteiger partial charge in [-0.1, -0.05) is 127 Å². The maximum Gasteiger partial charge on any atom is 0.164 e. The molecule has 0 aliphatic heterocycles. The van der Waals surface area contributed by atoms with E-state index in [0.717, 1.165) is 73.9 Å². The van der Waals surface area contributed by atoms with Gasteiger partial charge in [-0.2, -0.15) is 0 Å². The lowest BCUT2D eigenvalue weighted by Gasteiger charge is -2.12. The van der Waals surface area contributed by atoms with Crippen LogP contribution in [0, 0.1) is 0 Å². The molecule has 1 aliphatic carbocycles. The summed E-state index contributed by atoms with van der Waals surface area (Å²) < 4.78 is 8.96. The van der Waals surface area contributed by atoms with Gasteiger partial charge in [-0.25, -0.2) is 15.0 Å². The van der Waals surface area contributed by atoms with Crippen LogP contribution in [-0.4, -0.2) is 19.5 Å². The van der Waals surface area contributed by atoms with E-state index in [4.69, 9.17) is 19.4 Å². The summed E-state index contributed by atoms with van der Waals surface area (Å²) >= 11 is 0. The number of nitrogens with zero attached hydrogens (tertiary/aromatic N) is 4. The van der Waals surface area contributed by atoms with Crippen LogP contribution in [0.5, 0.6) is 0 Å². The molecule has 5 heteroatoms. The van der Waals surface area contributed by atoms with Crippen LogP contribution < -0.4 is 0 Å². The molecule has 3 aromatic heterocycles. The van der Waals surface area contributed by atoms with Crippen LogP contribution in [0.1, 0.15) is 18.7 Å². The van der Waals surface area contributed by atoms with E-state index in [1.807, 2.05) is 6.07 Å². The molecule has 11 rings (SSSR count). The van der Waals surface area contributed by atoms with Crippen molar-refractivity contribution in [2.45, 2.75) is 12.8 Å². The standard InChI is InChI=1S/C51H34N4O/c1-4-12-33(13-5-1)34-20-22-36(23-21-34)50-52-49(35-14-6-2-7-15-35)53-51(54-50)39-25-28-43-42-27-24-38(31-47(42)56-48(43)32-39)37-26-29-46-44(30-37)41-18-10-11-19-45(41)55(46)40-16-8-3-9-17-40/h1-6,8-14,16-32H,7,15H2. The van der Waals surface area contributed by atoms with Crippen LogP contribution in [0.3, 0.4) is 0 Å². The Kier molecular flexibility index (Phi) is 7.56. The number of rotatable bonds is 6. The third-order valence-electron chi connectivity index (χ3n) is 10.9. The van der Waals surface area contributed by atoms with Crippen LogP contribution in [-0.2, 0) is 0 Å². The zero-order chi connectivity index (χ0) is 37.0. The van der Waals surface area contributed by atoms with Crippen molar-refractivity contribution in [1.82, 2.24) is 19.5 Å². The van der Waals surface area contributed by atoms with Crippen molar-refractivity contribution in [3.8, 4) is 50.7 Å². The second-order valence-electron chi connectivity index (χ2n) is 14.4. The van der Waals surface area contributed by atoms with E-state index >= 15 is 0 Å². The van der Waals surface area contributed by atoms with Crippen molar-refractivity contribution in [2.75, 3.05) is 0 Å². The van der Waals surface area contributed by atoms with E-state index in [-0.39, 0.29) is 0 Å². The average Bonchev–Trinajstić information content (AvgIpc) is 3.81. The molecule has 0 saturated heterocycles. The van der Waals surface area contributed by atoms with Gasteiger partial charge in [0.15, 0.2) is 17.5 Å². The number of furan rings is 1. The first-order valence-corrected chi connectivity index (χ1v) is 19.1. The fraction of sp³-hybridized carbons (Fsp3) is 0.0392. The maximum absolute atomic E-state index is 6.62. The Morgan fingerprint density at radius 1 is 0.429 bits per heavy atom. The largest absolute Gasteiger partial charge is 0.456 e. The first-order chi connectivity index (χ1) is 27.7. The molecule has 0 spiro atoms. The quantitative estimate of drug-likeness (QED) is 0.172. The second kappa shape index (κ2) is 13.2. The summed E-state index contributed by atoms with van der Waals surface area (Å²) in [4.78, 5) is 15.1. The number of benzene rings is 7. The van der Waals surface area contributed by atoms with Gasteiger partial charge in [0, 0.05) is 38.4 Å². The molecule has 0 atom stereocenters. The first-order valence-electron chi connectivity index (χ1n) is 19.1. The molecule has 0 radical (unpaired) electrons. The average molecular weight is 719 g/mol. The zero-order valence-corrected chi connectivity index (χ0v) is 30.4. The Labute approximate surface area is 323 Å². The van der Waals surface area contributed by atoms with Crippen molar-refractivity contribution in [1.29, 1.82) is 0 Å². The highest BCUT2D eigenvalue weighted by Gasteiger charge is 2.18. The van der Waals surface area contributed by atoms with Crippen LogP contribution in [0.15, 0.2) is 186 Å². The SMILES string of the molecule is C1=CCCC(c2nc(-c3ccc(-c4ccccc4)cc3)nc(-c3ccc4c(c3)oc3cc(-c5ccc6c(c5)c5ccccc5n6-c5ccccc5)ccc34)n2)=C1. The van der Waals surface area contributed by atoms with E-state index in [2.05, 4.69) is 181 Å². The van der Waals surface area contributed by atoms with Crippen molar-refractivity contribution in [2.24, 2.45) is 0 Å². The molecule has 56 heavy (non-hydrogen) atoms. The number of fused-ring (bicyclic) bond motifs is 6. The molecular weight excluding hydrogens is 685 g/mol. The van der Waals surface area contributed by atoms with Gasteiger partial charge in [0.05, 0.1) is 11.0 Å². The van der Waals surface area contributed by atoms with Crippen LogP contribution in [0.4, 0.5) is 0 Å². The van der Waals surface area contributed by atoms with E-state index in [1.165, 1.54) is 27.4 Å². The minimum absolute atomic E-state index is 0.624.